The number of amides is 2. The zero-order valence-corrected chi connectivity index (χ0v) is 17.3. The molecule has 0 saturated heterocycles. The molecule has 1 aromatic rings. The lowest BCUT2D eigenvalue weighted by atomic mass is 9.94. The highest BCUT2D eigenvalue weighted by Gasteiger charge is 2.35. The van der Waals surface area contributed by atoms with Crippen molar-refractivity contribution in [2.45, 2.75) is 33.1 Å². The number of nitriles is 1. The number of unbranched alkanes of at least 4 members (excludes halogenated alkanes) is 1. The maximum absolute atomic E-state index is 12.8. The Morgan fingerprint density at radius 1 is 1.27 bits per heavy atom. The van der Waals surface area contributed by atoms with E-state index >= 15 is 0 Å². The van der Waals surface area contributed by atoms with Gasteiger partial charge in [0.1, 0.15) is 17.4 Å². The fourth-order valence-corrected chi connectivity index (χ4v) is 3.61. The number of hydrogen-bond acceptors (Lipinski definition) is 5. The van der Waals surface area contributed by atoms with Gasteiger partial charge in [0.15, 0.2) is 0 Å². The third kappa shape index (κ3) is 4.20. The number of imide groups is 1. The minimum Gasteiger partial charge on any atom is -0.508 e. The Labute approximate surface area is 176 Å². The molecule has 154 valence electrons. The average molecular weight is 403 g/mol. The summed E-state index contributed by atoms with van der Waals surface area (Å²) in [5, 5.41) is 19.7. The predicted octanol–water partition coefficient (Wildman–Crippen LogP) is 3.94. The molecule has 0 atom stereocenters. The number of aliphatic hydroxyl groups is 1. The van der Waals surface area contributed by atoms with Crippen LogP contribution in [-0.2, 0) is 16.0 Å². The van der Waals surface area contributed by atoms with Crippen molar-refractivity contribution in [2.24, 2.45) is 0 Å². The van der Waals surface area contributed by atoms with Crippen LogP contribution in [0.4, 0.5) is 5.69 Å². The van der Waals surface area contributed by atoms with Crippen molar-refractivity contribution in [3.8, 4) is 6.07 Å². The Hall–Kier alpha value is -3.59. The van der Waals surface area contributed by atoms with Gasteiger partial charge < -0.3 is 10.0 Å². The van der Waals surface area contributed by atoms with Crippen LogP contribution in [0.2, 0.25) is 0 Å². The molecule has 0 spiro atoms. The highest BCUT2D eigenvalue weighted by molar-refractivity contribution is 6.18. The lowest BCUT2D eigenvalue weighted by Gasteiger charge is -2.27. The van der Waals surface area contributed by atoms with Gasteiger partial charge in [-0.15, -0.1) is 0 Å². The Kier molecular flexibility index (Phi) is 6.53. The molecule has 0 aromatic heterocycles. The molecule has 1 N–H and O–H groups in total. The molecule has 6 heteroatoms. The summed E-state index contributed by atoms with van der Waals surface area (Å²) in [5.41, 5.74) is 2.82. The normalized spacial score (nSPS) is 18.6. The van der Waals surface area contributed by atoms with Crippen LogP contribution in [0.25, 0.3) is 0 Å². The van der Waals surface area contributed by atoms with Crippen LogP contribution in [0.15, 0.2) is 71.2 Å². The summed E-state index contributed by atoms with van der Waals surface area (Å²) in [5.74, 6) is -1.17. The Morgan fingerprint density at radius 3 is 2.77 bits per heavy atom. The second kappa shape index (κ2) is 9.27. The molecular weight excluding hydrogens is 378 g/mol. The third-order valence-electron chi connectivity index (χ3n) is 5.31. The molecule has 30 heavy (non-hydrogen) atoms. The molecule has 6 nitrogen and oxygen atoms in total. The van der Waals surface area contributed by atoms with E-state index < -0.39 is 11.8 Å². The smallest absolute Gasteiger partial charge is 0.271 e. The molecule has 0 bridgehead atoms. The number of carbonyl (C=O) groups excluding carboxylic acids is 2. The fraction of sp³-hybridized carbons (Fsp3) is 0.292. The number of rotatable bonds is 6. The molecule has 0 radical (unpaired) electrons. The minimum atomic E-state index is -0.568. The standard InChI is InChI=1S/C24H25N3O3/c1-3-4-13-27-23(29)20(17(2)21(16-25)24(27)30)15-19(28)9-7-12-26-14-11-18-8-5-6-10-22(18)26/h5-10,12,15,28H,3-4,11,13-14H2,1-2H3/b12-7+,19-9-,20-15-. The highest BCUT2D eigenvalue weighted by atomic mass is 16.3. The summed E-state index contributed by atoms with van der Waals surface area (Å²) >= 11 is 0. The molecule has 2 heterocycles. The Morgan fingerprint density at radius 2 is 2.03 bits per heavy atom. The maximum atomic E-state index is 12.8. The van der Waals surface area contributed by atoms with Crippen LogP contribution in [-0.4, -0.2) is 34.9 Å². The van der Waals surface area contributed by atoms with Crippen LogP contribution in [0, 0.1) is 11.3 Å². The summed E-state index contributed by atoms with van der Waals surface area (Å²) in [6, 6.07) is 10.1. The molecule has 0 fully saturated rings. The number of hydrogen-bond donors (Lipinski definition) is 1. The lowest BCUT2D eigenvalue weighted by Crippen LogP contribution is -2.43. The number of anilines is 1. The zero-order chi connectivity index (χ0) is 21.7. The van der Waals surface area contributed by atoms with Crippen molar-refractivity contribution in [3.05, 3.63) is 76.7 Å². The van der Waals surface area contributed by atoms with E-state index in [9.17, 15) is 20.0 Å². The van der Waals surface area contributed by atoms with E-state index in [2.05, 4.69) is 17.0 Å². The van der Waals surface area contributed by atoms with Gasteiger partial charge in [-0.2, -0.15) is 5.26 Å². The lowest BCUT2D eigenvalue weighted by molar-refractivity contribution is -0.140. The molecule has 1 aromatic carbocycles. The Balaban J connectivity index is 1.83. The van der Waals surface area contributed by atoms with Gasteiger partial charge in [0, 0.05) is 30.5 Å². The third-order valence-corrected chi connectivity index (χ3v) is 5.31. The first kappa shape index (κ1) is 21.1. The van der Waals surface area contributed by atoms with Crippen LogP contribution >= 0.6 is 0 Å². The van der Waals surface area contributed by atoms with Gasteiger partial charge in [0.25, 0.3) is 11.8 Å². The molecule has 2 amide bonds. The molecular formula is C24H25N3O3. The van der Waals surface area contributed by atoms with Crippen LogP contribution in [0.3, 0.4) is 0 Å². The number of nitrogens with zero attached hydrogens (tertiary/aromatic N) is 3. The van der Waals surface area contributed by atoms with Crippen molar-refractivity contribution < 1.29 is 14.7 Å². The van der Waals surface area contributed by atoms with Crippen molar-refractivity contribution in [1.29, 1.82) is 5.26 Å². The predicted molar refractivity (Wildman–Crippen MR) is 115 cm³/mol. The monoisotopic (exact) mass is 403 g/mol. The number of fused-ring (bicyclic) bond motifs is 1. The second-order valence-corrected chi connectivity index (χ2v) is 7.29. The minimum absolute atomic E-state index is 0.0611. The molecule has 0 aliphatic carbocycles. The number of para-hydroxylation sites is 1. The topological polar surface area (TPSA) is 84.6 Å². The van der Waals surface area contributed by atoms with E-state index in [0.717, 1.165) is 30.0 Å². The van der Waals surface area contributed by atoms with Crippen molar-refractivity contribution in [3.63, 3.8) is 0 Å². The Bertz CT molecular complexity index is 1020. The summed E-state index contributed by atoms with van der Waals surface area (Å²) < 4.78 is 0. The van der Waals surface area contributed by atoms with E-state index in [1.54, 1.807) is 13.0 Å². The second-order valence-electron chi connectivity index (χ2n) is 7.29. The SMILES string of the molecule is CCCCN1C(=O)C(C#N)=C(C)/C(=C/C(O)=C/C=C/N2CCc3ccccc32)C1=O. The quantitative estimate of drug-likeness (QED) is 0.337. The zero-order valence-electron chi connectivity index (χ0n) is 17.3. The van der Waals surface area contributed by atoms with Crippen LogP contribution in [0.5, 0.6) is 0 Å². The summed E-state index contributed by atoms with van der Waals surface area (Å²) in [7, 11) is 0. The van der Waals surface area contributed by atoms with E-state index in [-0.39, 0.29) is 29.0 Å². The largest absolute Gasteiger partial charge is 0.508 e. The highest BCUT2D eigenvalue weighted by Crippen LogP contribution is 2.28. The summed E-state index contributed by atoms with van der Waals surface area (Å²) in [6.45, 7) is 4.64. The van der Waals surface area contributed by atoms with Gasteiger partial charge in [0.2, 0.25) is 0 Å². The van der Waals surface area contributed by atoms with Crippen LogP contribution in [0.1, 0.15) is 32.3 Å². The number of aliphatic hydroxyl groups excluding tert-OH is 1. The number of benzene rings is 1. The molecule has 2 aliphatic heterocycles. The first-order chi connectivity index (χ1) is 14.5. The van der Waals surface area contributed by atoms with Gasteiger partial charge in [-0.3, -0.25) is 14.5 Å². The van der Waals surface area contributed by atoms with Crippen molar-refractivity contribution in [1.82, 2.24) is 4.90 Å². The maximum Gasteiger partial charge on any atom is 0.271 e. The van der Waals surface area contributed by atoms with Gasteiger partial charge in [-0.1, -0.05) is 31.5 Å². The fourth-order valence-electron chi connectivity index (χ4n) is 3.61. The van der Waals surface area contributed by atoms with Gasteiger partial charge in [-0.25, -0.2) is 0 Å². The first-order valence-electron chi connectivity index (χ1n) is 10.1. The van der Waals surface area contributed by atoms with Gasteiger partial charge in [-0.05, 0) is 55.2 Å². The molecule has 2 aliphatic rings. The van der Waals surface area contributed by atoms with Gasteiger partial charge >= 0.3 is 0 Å². The van der Waals surface area contributed by atoms with Crippen molar-refractivity contribution in [2.75, 3.05) is 18.0 Å². The molecule has 0 unspecified atom stereocenters. The molecule has 3 rings (SSSR count). The number of allylic oxidation sites excluding steroid dienone is 3. The van der Waals surface area contributed by atoms with E-state index in [1.165, 1.54) is 17.7 Å². The van der Waals surface area contributed by atoms with E-state index in [4.69, 9.17) is 0 Å². The van der Waals surface area contributed by atoms with E-state index in [1.807, 2.05) is 31.3 Å². The first-order valence-corrected chi connectivity index (χ1v) is 10.1. The van der Waals surface area contributed by atoms with Crippen molar-refractivity contribution >= 4 is 17.5 Å². The summed E-state index contributed by atoms with van der Waals surface area (Å²) in [4.78, 5) is 28.4. The van der Waals surface area contributed by atoms with E-state index in [0.29, 0.717) is 6.42 Å². The number of carbonyl (C=O) groups is 2. The van der Waals surface area contributed by atoms with Gasteiger partial charge in [0.05, 0.1) is 0 Å². The van der Waals surface area contributed by atoms with Crippen LogP contribution < -0.4 is 4.90 Å². The summed E-state index contributed by atoms with van der Waals surface area (Å²) in [6.07, 6.45) is 8.85. The molecule has 0 saturated carbocycles. The average Bonchev–Trinajstić information content (AvgIpc) is 3.15.